The zero-order valence-corrected chi connectivity index (χ0v) is 33.7. The van der Waals surface area contributed by atoms with Crippen LogP contribution < -0.4 is 5.32 Å². The van der Waals surface area contributed by atoms with Crippen LogP contribution in [0.25, 0.3) is 0 Å². The molecule has 5 fully saturated rings. The number of halogens is 1. The number of hydrogen-bond donors (Lipinski definition) is 2. The van der Waals surface area contributed by atoms with Crippen molar-refractivity contribution in [3.05, 3.63) is 41.2 Å². The van der Waals surface area contributed by atoms with Crippen LogP contribution in [0.1, 0.15) is 145 Å². The molecule has 7 nitrogen and oxygen atoms in total. The minimum absolute atomic E-state index is 0.115. The molecule has 1 aromatic heterocycles. The molecule has 5 aliphatic carbocycles. The number of ether oxygens (including phenoxy) is 1. The molecule has 51 heavy (non-hydrogen) atoms. The Morgan fingerprint density at radius 3 is 2.24 bits per heavy atom. The first-order valence-electron chi connectivity index (χ1n) is 19.6. The second kappa shape index (κ2) is 14.1. The Balaban J connectivity index is 0.00000120. The Kier molecular flexibility index (Phi) is 11.0. The average Bonchev–Trinajstić information content (AvgIpc) is 3.47. The Morgan fingerprint density at radius 2 is 1.61 bits per heavy atom. The molecule has 1 heterocycles. The average molecular weight is 725 g/mol. The third-order valence-electron chi connectivity index (χ3n) is 15.4. The molecule has 0 saturated heterocycles. The van der Waals surface area contributed by atoms with Gasteiger partial charge in [-0.1, -0.05) is 58.2 Å². The number of hydrogen-bond acceptors (Lipinski definition) is 5. The Hall–Kier alpha value is -2.41. The maximum absolute atomic E-state index is 14.1. The molecule has 1 amide bonds. The molecule has 2 N–H and O–H groups in total. The van der Waals surface area contributed by atoms with Crippen molar-refractivity contribution in [3.63, 3.8) is 0 Å². The number of amides is 1. The van der Waals surface area contributed by atoms with Gasteiger partial charge in [-0.05, 0) is 144 Å². The number of pyridine rings is 1. The SMILES string of the molecule is C=C(C)C.CC(C)(CC(=O)OC1CCC2(C)C(CCC3(C)C2CCC2C4CCCC4(C(=O)NCc4ccc(Cl)cn4)CC[C@]23C)C1(C)C)C(=O)O. The van der Waals surface area contributed by atoms with E-state index < -0.39 is 17.4 Å². The summed E-state index contributed by atoms with van der Waals surface area (Å²) in [5.74, 6) is 0.816. The smallest absolute Gasteiger partial charge is 0.309 e. The molecule has 8 heteroatoms. The maximum Gasteiger partial charge on any atom is 0.309 e. The van der Waals surface area contributed by atoms with E-state index in [0.717, 1.165) is 63.5 Å². The minimum Gasteiger partial charge on any atom is -0.481 e. The summed E-state index contributed by atoms with van der Waals surface area (Å²) in [5, 5.41) is 13.5. The van der Waals surface area contributed by atoms with Crippen molar-refractivity contribution in [1.29, 1.82) is 0 Å². The van der Waals surface area contributed by atoms with Gasteiger partial charge in [0, 0.05) is 11.6 Å². The summed E-state index contributed by atoms with van der Waals surface area (Å²) < 4.78 is 6.14. The summed E-state index contributed by atoms with van der Waals surface area (Å²) in [6, 6.07) is 3.72. The zero-order chi connectivity index (χ0) is 37.8. The quantitative estimate of drug-likeness (QED) is 0.214. The maximum atomic E-state index is 14.1. The fourth-order valence-electron chi connectivity index (χ4n) is 12.6. The third kappa shape index (κ3) is 6.92. The lowest BCUT2D eigenvalue weighted by Crippen LogP contribution is -2.67. The van der Waals surface area contributed by atoms with E-state index in [-0.39, 0.29) is 45.5 Å². The molecular formula is C43H65ClN2O5. The largest absolute Gasteiger partial charge is 0.481 e. The molecule has 8 unspecified atom stereocenters. The number of nitrogens with one attached hydrogen (secondary N) is 1. The number of carboxylic acids is 1. The van der Waals surface area contributed by atoms with Gasteiger partial charge in [0.2, 0.25) is 5.91 Å². The minimum atomic E-state index is -1.14. The number of carbonyl (C=O) groups excluding carboxylic acids is 2. The number of aliphatic carboxylic acids is 1. The topological polar surface area (TPSA) is 106 Å². The van der Waals surface area contributed by atoms with Crippen LogP contribution in [0, 0.1) is 56.2 Å². The number of carboxylic acid groups (broad SMARTS) is 1. The lowest BCUT2D eigenvalue weighted by atomic mass is 9.32. The van der Waals surface area contributed by atoms with E-state index in [1.807, 2.05) is 26.0 Å². The van der Waals surface area contributed by atoms with Crippen LogP contribution in [0.5, 0.6) is 0 Å². The molecule has 284 valence electrons. The molecule has 0 spiro atoms. The van der Waals surface area contributed by atoms with Gasteiger partial charge in [0.05, 0.1) is 34.5 Å². The number of esters is 1. The first-order valence-corrected chi connectivity index (χ1v) is 20.0. The lowest BCUT2D eigenvalue weighted by molar-refractivity contribution is -0.247. The second-order valence-electron chi connectivity index (χ2n) is 19.4. The molecule has 6 rings (SSSR count). The van der Waals surface area contributed by atoms with Gasteiger partial charge in [0.25, 0.3) is 0 Å². The third-order valence-corrected chi connectivity index (χ3v) is 15.6. The highest BCUT2D eigenvalue weighted by Gasteiger charge is 2.71. The van der Waals surface area contributed by atoms with E-state index >= 15 is 0 Å². The van der Waals surface area contributed by atoms with Crippen LogP contribution >= 0.6 is 11.6 Å². The van der Waals surface area contributed by atoms with Crippen molar-refractivity contribution in [3.8, 4) is 0 Å². The van der Waals surface area contributed by atoms with Crippen molar-refractivity contribution in [2.45, 2.75) is 152 Å². The highest BCUT2D eigenvalue weighted by molar-refractivity contribution is 6.30. The van der Waals surface area contributed by atoms with Crippen LogP contribution in [0.3, 0.4) is 0 Å². The van der Waals surface area contributed by atoms with Crippen molar-refractivity contribution in [1.82, 2.24) is 10.3 Å². The number of aromatic nitrogens is 1. The number of allylic oxidation sites excluding steroid dienone is 1. The van der Waals surface area contributed by atoms with Gasteiger partial charge in [0.15, 0.2) is 0 Å². The monoisotopic (exact) mass is 724 g/mol. The molecular weight excluding hydrogens is 660 g/mol. The fourth-order valence-corrected chi connectivity index (χ4v) is 12.8. The van der Waals surface area contributed by atoms with Gasteiger partial charge in [-0.15, -0.1) is 6.58 Å². The zero-order valence-electron chi connectivity index (χ0n) is 32.9. The predicted molar refractivity (Wildman–Crippen MR) is 203 cm³/mol. The standard InChI is InChI=1S/C39H57ClN2O5.C4H8/c1-34(2,33(45)46)21-31(43)47-30-15-17-36(5)28(35(30,3)4)14-18-38(7)29(36)13-12-26-27-9-8-16-39(27,20-19-37(26,38)6)32(44)42-23-25-11-10-24(40)22-41-25;1-4(2)3/h10-11,22,26-30H,8-9,12-21,23H2,1-7H3,(H,42,44)(H,45,46);1H2,2-3H3/t26?,27?,28?,29?,30?,36?,37-,38?,39?;/m1./s1. The Morgan fingerprint density at radius 1 is 0.922 bits per heavy atom. The van der Waals surface area contributed by atoms with Crippen molar-refractivity contribution in [2.24, 2.45) is 56.2 Å². The molecule has 5 aliphatic rings. The van der Waals surface area contributed by atoms with Crippen LogP contribution in [0.15, 0.2) is 30.5 Å². The van der Waals surface area contributed by atoms with Gasteiger partial charge in [0.1, 0.15) is 6.10 Å². The van der Waals surface area contributed by atoms with E-state index in [4.69, 9.17) is 16.3 Å². The number of carbonyl (C=O) groups is 3. The molecule has 1 aromatic rings. The highest BCUT2D eigenvalue weighted by atomic mass is 35.5. The molecule has 9 atom stereocenters. The van der Waals surface area contributed by atoms with Gasteiger partial charge in [-0.2, -0.15) is 0 Å². The van der Waals surface area contributed by atoms with E-state index in [9.17, 15) is 19.5 Å². The van der Waals surface area contributed by atoms with Crippen LogP contribution in [0.4, 0.5) is 0 Å². The number of nitrogens with zero attached hydrogens (tertiary/aromatic N) is 1. The van der Waals surface area contributed by atoms with Crippen LogP contribution in [-0.4, -0.2) is 34.0 Å². The fraction of sp³-hybridized carbons (Fsp3) is 0.767. The molecule has 0 radical (unpaired) electrons. The predicted octanol–water partition coefficient (Wildman–Crippen LogP) is 10.2. The van der Waals surface area contributed by atoms with Gasteiger partial charge >= 0.3 is 11.9 Å². The molecule has 0 aliphatic heterocycles. The van der Waals surface area contributed by atoms with E-state index in [2.05, 4.69) is 51.5 Å². The van der Waals surface area contributed by atoms with Gasteiger partial charge in [-0.3, -0.25) is 19.4 Å². The molecule has 0 bridgehead atoms. The summed E-state index contributed by atoms with van der Waals surface area (Å²) >= 11 is 6.03. The van der Waals surface area contributed by atoms with Crippen molar-refractivity contribution < 1.29 is 24.2 Å². The highest BCUT2D eigenvalue weighted by Crippen LogP contribution is 2.77. The number of rotatable bonds is 7. The summed E-state index contributed by atoms with van der Waals surface area (Å²) in [5.41, 5.74) is 0.890. The van der Waals surface area contributed by atoms with Crippen molar-refractivity contribution in [2.75, 3.05) is 0 Å². The first-order chi connectivity index (χ1) is 23.6. The van der Waals surface area contributed by atoms with E-state index in [0.29, 0.717) is 35.2 Å². The molecule has 0 aromatic carbocycles. The Bertz CT molecular complexity index is 1500. The first kappa shape index (κ1) is 39.8. The van der Waals surface area contributed by atoms with Gasteiger partial charge in [-0.25, -0.2) is 0 Å². The van der Waals surface area contributed by atoms with Gasteiger partial charge < -0.3 is 15.2 Å². The van der Waals surface area contributed by atoms with E-state index in [1.54, 1.807) is 20.0 Å². The normalized spacial score (nSPS) is 38.0. The van der Waals surface area contributed by atoms with Crippen LogP contribution in [-0.2, 0) is 25.7 Å². The molecule has 5 saturated carbocycles. The second-order valence-corrected chi connectivity index (χ2v) is 19.8. The van der Waals surface area contributed by atoms with Crippen LogP contribution in [0.2, 0.25) is 5.02 Å². The summed E-state index contributed by atoms with van der Waals surface area (Å²) in [6.07, 6.45) is 13.1. The summed E-state index contributed by atoms with van der Waals surface area (Å²) in [7, 11) is 0. The van der Waals surface area contributed by atoms with Crippen molar-refractivity contribution >= 4 is 29.4 Å². The van der Waals surface area contributed by atoms with E-state index in [1.165, 1.54) is 18.4 Å². The summed E-state index contributed by atoms with van der Waals surface area (Å²) in [6.45, 7) is 23.4. The summed E-state index contributed by atoms with van der Waals surface area (Å²) in [4.78, 5) is 43.2. The number of fused-ring (bicyclic) bond motifs is 7. The Labute approximate surface area is 312 Å². The lowest BCUT2D eigenvalue weighted by Gasteiger charge is -2.72.